The van der Waals surface area contributed by atoms with Gasteiger partial charge in [0.05, 0.1) is 5.34 Å². The van der Waals surface area contributed by atoms with Crippen molar-refractivity contribution >= 4 is 37.2 Å². The predicted octanol–water partition coefficient (Wildman–Crippen LogP) is -1.57. The van der Waals surface area contributed by atoms with Gasteiger partial charge in [0.15, 0.2) is 0 Å². The van der Waals surface area contributed by atoms with Crippen molar-refractivity contribution in [2.75, 3.05) is 5.34 Å². The molecule has 0 unspecified atom stereocenters. The summed E-state index contributed by atoms with van der Waals surface area (Å²) in [7, 11) is -4.07. The fourth-order valence-corrected chi connectivity index (χ4v) is 0. The topological polar surface area (TPSA) is 80.9 Å². The predicted molar refractivity (Wildman–Crippen MR) is 37.0 cm³/mol. The second-order valence-electron chi connectivity index (χ2n) is 0.928. The van der Waals surface area contributed by atoms with Crippen LogP contribution in [0.15, 0.2) is 0 Å². The lowest BCUT2D eigenvalue weighted by Crippen LogP contribution is -2.35. The Morgan fingerprint density at radius 1 is 0.889 bits per heavy atom. The zero-order valence-electron chi connectivity index (χ0n) is 4.41. The molecular formula is CH6B2Cl2O4. The highest BCUT2D eigenvalue weighted by Crippen LogP contribution is 1.73. The Kier molecular flexibility index (Phi) is 11.6. The normalized spacial score (nSPS) is 7.33. The molecule has 0 aromatic carbocycles. The first-order valence-electron chi connectivity index (χ1n) is 1.90. The molecule has 0 fully saturated rings. The van der Waals surface area contributed by atoms with Gasteiger partial charge in [-0.2, -0.15) is 0 Å². The SMILES string of the molecule is ClCCl.OB(O)B(O)O. The van der Waals surface area contributed by atoms with Gasteiger partial charge < -0.3 is 20.1 Å². The summed E-state index contributed by atoms with van der Waals surface area (Å²) < 4.78 is 0. The first kappa shape index (κ1) is 12.2. The summed E-state index contributed by atoms with van der Waals surface area (Å²) in [5.74, 6) is 0. The first-order chi connectivity index (χ1) is 4.06. The quantitative estimate of drug-likeness (QED) is 0.286. The van der Waals surface area contributed by atoms with E-state index >= 15 is 0 Å². The summed E-state index contributed by atoms with van der Waals surface area (Å²) in [6.45, 7) is 0. The Labute approximate surface area is 63.3 Å². The Morgan fingerprint density at radius 2 is 1.00 bits per heavy atom. The van der Waals surface area contributed by atoms with Crippen LogP contribution in [0.25, 0.3) is 0 Å². The fraction of sp³-hybridized carbons (Fsp3) is 1.00. The number of rotatable bonds is 1. The zero-order valence-corrected chi connectivity index (χ0v) is 5.92. The molecule has 0 saturated heterocycles. The van der Waals surface area contributed by atoms with Crippen molar-refractivity contribution in [2.45, 2.75) is 0 Å². The van der Waals surface area contributed by atoms with Crippen LogP contribution in [0, 0.1) is 0 Å². The van der Waals surface area contributed by atoms with Crippen LogP contribution in [0.3, 0.4) is 0 Å². The van der Waals surface area contributed by atoms with Crippen LogP contribution < -0.4 is 0 Å². The van der Waals surface area contributed by atoms with Crippen LogP contribution >= 0.6 is 23.2 Å². The number of alkyl halides is 2. The zero-order chi connectivity index (χ0) is 7.86. The van der Waals surface area contributed by atoms with Crippen molar-refractivity contribution in [3.63, 3.8) is 0 Å². The van der Waals surface area contributed by atoms with Gasteiger partial charge in [-0.05, 0) is 0 Å². The van der Waals surface area contributed by atoms with Gasteiger partial charge in [-0.1, -0.05) is 0 Å². The van der Waals surface area contributed by atoms with Crippen molar-refractivity contribution in [3.05, 3.63) is 0 Å². The third-order valence-electron chi connectivity index (χ3n) is 0.267. The number of hydrogen-bond donors (Lipinski definition) is 4. The average molecular weight is 175 g/mol. The summed E-state index contributed by atoms with van der Waals surface area (Å²) in [6.07, 6.45) is 0. The Balaban J connectivity index is 0. The minimum atomic E-state index is -2.04. The van der Waals surface area contributed by atoms with Gasteiger partial charge >= 0.3 is 14.0 Å². The lowest BCUT2D eigenvalue weighted by Gasteiger charge is -1.89. The third-order valence-corrected chi connectivity index (χ3v) is 0.267. The van der Waals surface area contributed by atoms with Gasteiger partial charge in [-0.25, -0.2) is 0 Å². The molecule has 0 spiro atoms. The minimum Gasteiger partial charge on any atom is -0.429 e. The highest BCUT2D eigenvalue weighted by Gasteiger charge is 2.23. The summed E-state index contributed by atoms with van der Waals surface area (Å²) >= 11 is 9.53. The number of hydrogen-bond acceptors (Lipinski definition) is 4. The van der Waals surface area contributed by atoms with E-state index in [9.17, 15) is 0 Å². The van der Waals surface area contributed by atoms with Crippen LogP contribution in [0.4, 0.5) is 0 Å². The molecule has 4 N–H and O–H groups in total. The summed E-state index contributed by atoms with van der Waals surface area (Å²) in [5.41, 5.74) is 0. The molecule has 0 amide bonds. The van der Waals surface area contributed by atoms with Crippen molar-refractivity contribution in [1.29, 1.82) is 0 Å². The molecule has 9 heavy (non-hydrogen) atoms. The fourth-order valence-electron chi connectivity index (χ4n) is 0. The molecule has 0 atom stereocenters. The van der Waals surface area contributed by atoms with Gasteiger partial charge in [-0.15, -0.1) is 23.2 Å². The Morgan fingerprint density at radius 3 is 1.00 bits per heavy atom. The van der Waals surface area contributed by atoms with E-state index in [0.29, 0.717) is 0 Å². The van der Waals surface area contributed by atoms with E-state index in [-0.39, 0.29) is 5.34 Å². The monoisotopic (exact) mass is 174 g/mol. The van der Waals surface area contributed by atoms with Crippen LogP contribution in [-0.4, -0.2) is 39.5 Å². The summed E-state index contributed by atoms with van der Waals surface area (Å²) in [5, 5.41) is 30.9. The second kappa shape index (κ2) is 8.55. The highest BCUT2D eigenvalue weighted by molar-refractivity contribution is 7.07. The molecule has 0 aliphatic rings. The molecule has 4 nitrogen and oxygen atoms in total. The van der Waals surface area contributed by atoms with E-state index in [1.165, 1.54) is 0 Å². The Bertz CT molecular complexity index is 45.8. The maximum absolute atomic E-state index is 7.69. The second-order valence-corrected chi connectivity index (χ2v) is 1.74. The average Bonchev–Trinajstić information content (AvgIpc) is 1.68. The van der Waals surface area contributed by atoms with E-state index < -0.39 is 14.0 Å². The summed E-state index contributed by atoms with van der Waals surface area (Å²) in [4.78, 5) is 0. The van der Waals surface area contributed by atoms with Crippen LogP contribution in [0.5, 0.6) is 0 Å². The van der Waals surface area contributed by atoms with E-state index in [2.05, 4.69) is 0 Å². The van der Waals surface area contributed by atoms with Crippen molar-refractivity contribution in [1.82, 2.24) is 0 Å². The number of halogens is 2. The molecule has 54 valence electrons. The van der Waals surface area contributed by atoms with Gasteiger partial charge in [0, 0.05) is 0 Å². The smallest absolute Gasteiger partial charge is 0.429 e. The molecule has 0 saturated carbocycles. The van der Waals surface area contributed by atoms with Gasteiger partial charge in [0.1, 0.15) is 0 Å². The van der Waals surface area contributed by atoms with Gasteiger partial charge in [0.2, 0.25) is 0 Å². The largest absolute Gasteiger partial charge is 0.482 e. The maximum atomic E-state index is 7.69. The lowest BCUT2D eigenvalue weighted by atomic mass is 9.50. The van der Waals surface area contributed by atoms with Crippen molar-refractivity contribution in [3.8, 4) is 0 Å². The molecule has 0 rings (SSSR count). The molecule has 0 aliphatic carbocycles. The maximum Gasteiger partial charge on any atom is 0.482 e. The van der Waals surface area contributed by atoms with Gasteiger partial charge in [-0.3, -0.25) is 0 Å². The molecule has 0 radical (unpaired) electrons. The standard InChI is InChI=1S/CH2Cl2.B2H4O4/c2-1-3;3-1(4)2(5)6/h1H2;3-6H. The third kappa shape index (κ3) is 17.7. The minimum absolute atomic E-state index is 0.194. The van der Waals surface area contributed by atoms with Crippen LogP contribution in [0.2, 0.25) is 0 Å². The Hall–Kier alpha value is 0.550. The van der Waals surface area contributed by atoms with E-state index in [0.717, 1.165) is 0 Å². The molecule has 0 heterocycles. The summed E-state index contributed by atoms with van der Waals surface area (Å²) in [6, 6.07) is 0. The lowest BCUT2D eigenvalue weighted by molar-refractivity contribution is 0.368. The molecule has 0 bridgehead atoms. The van der Waals surface area contributed by atoms with E-state index in [1.54, 1.807) is 0 Å². The van der Waals surface area contributed by atoms with Crippen molar-refractivity contribution < 1.29 is 20.1 Å². The van der Waals surface area contributed by atoms with Crippen LogP contribution in [0.1, 0.15) is 0 Å². The molecule has 8 heteroatoms. The highest BCUT2D eigenvalue weighted by atomic mass is 35.5. The van der Waals surface area contributed by atoms with Crippen LogP contribution in [-0.2, 0) is 0 Å². The van der Waals surface area contributed by atoms with E-state index in [1.807, 2.05) is 0 Å². The first-order valence-corrected chi connectivity index (χ1v) is 2.97. The molecule has 0 aromatic heterocycles. The molecule has 0 aromatic rings. The van der Waals surface area contributed by atoms with E-state index in [4.69, 9.17) is 43.3 Å². The molecule has 0 aliphatic heterocycles. The molecular weight excluding hydrogens is 169 g/mol. The van der Waals surface area contributed by atoms with Crippen molar-refractivity contribution in [2.24, 2.45) is 0 Å². The van der Waals surface area contributed by atoms with Gasteiger partial charge in [0.25, 0.3) is 0 Å².